The van der Waals surface area contributed by atoms with Crippen LogP contribution in [0.1, 0.15) is 29.8 Å². The van der Waals surface area contributed by atoms with Crippen LogP contribution < -0.4 is 15.4 Å². The first-order valence-corrected chi connectivity index (χ1v) is 11.3. The van der Waals surface area contributed by atoms with Gasteiger partial charge in [0, 0.05) is 48.6 Å². The van der Waals surface area contributed by atoms with E-state index in [1.807, 2.05) is 24.4 Å². The smallest absolute Gasteiger partial charge is 0.257 e. The van der Waals surface area contributed by atoms with Gasteiger partial charge >= 0.3 is 0 Å². The number of benzene rings is 1. The third-order valence-corrected chi connectivity index (χ3v) is 6.26. The van der Waals surface area contributed by atoms with E-state index in [0.29, 0.717) is 49.3 Å². The van der Waals surface area contributed by atoms with Crippen LogP contribution in [0.25, 0.3) is 11.3 Å². The van der Waals surface area contributed by atoms with E-state index in [1.54, 1.807) is 24.3 Å². The summed E-state index contributed by atoms with van der Waals surface area (Å²) in [7, 11) is 1.56. The number of ether oxygens (including phenoxy) is 2. The van der Waals surface area contributed by atoms with Crippen molar-refractivity contribution in [1.82, 2.24) is 19.9 Å². The molecule has 1 amide bonds. The number of morpholine rings is 1. The van der Waals surface area contributed by atoms with Crippen molar-refractivity contribution in [2.24, 2.45) is 0 Å². The maximum Gasteiger partial charge on any atom is 0.257 e. The molecular formula is C25H28N6O3. The van der Waals surface area contributed by atoms with Gasteiger partial charge in [-0.3, -0.25) is 4.79 Å². The fourth-order valence-corrected chi connectivity index (χ4v) is 4.32. The van der Waals surface area contributed by atoms with E-state index < -0.39 is 0 Å². The lowest BCUT2D eigenvalue weighted by Crippen LogP contribution is -2.40. The average molecular weight is 461 g/mol. The van der Waals surface area contributed by atoms with Gasteiger partial charge in [-0.25, -0.2) is 15.0 Å². The molecule has 1 saturated heterocycles. The minimum absolute atomic E-state index is 0.00722. The van der Waals surface area contributed by atoms with E-state index in [1.165, 1.54) is 5.56 Å². The summed E-state index contributed by atoms with van der Waals surface area (Å²) in [6.07, 6.45) is 3.53. The number of amides is 1. The van der Waals surface area contributed by atoms with Crippen molar-refractivity contribution < 1.29 is 14.3 Å². The van der Waals surface area contributed by atoms with Gasteiger partial charge in [0.25, 0.3) is 5.91 Å². The van der Waals surface area contributed by atoms with Gasteiger partial charge in [-0.05, 0) is 24.3 Å². The van der Waals surface area contributed by atoms with E-state index in [-0.39, 0.29) is 11.3 Å². The molecule has 176 valence electrons. The standard InChI is InChI=1S/C25H28N6O3/c1-25(2)15-28-22-18(25)13-16(14-27-22)19-7-8-26-24(29-19)30-20-6-4-5-17(21(20)33-3)23(32)31-9-11-34-12-10-31/h4-8,13-14H,9-12,15H2,1-3H3,(H,27,28)(H,26,29,30). The Bertz CT molecular complexity index is 1220. The number of nitrogens with zero attached hydrogens (tertiary/aromatic N) is 4. The largest absolute Gasteiger partial charge is 0.494 e. The lowest BCUT2D eigenvalue weighted by Gasteiger charge is -2.27. The molecule has 1 aromatic carbocycles. The Morgan fingerprint density at radius 3 is 2.82 bits per heavy atom. The number of hydrogen-bond donors (Lipinski definition) is 2. The van der Waals surface area contributed by atoms with E-state index in [0.717, 1.165) is 23.6 Å². The number of methoxy groups -OCH3 is 1. The van der Waals surface area contributed by atoms with Gasteiger partial charge in [0.2, 0.25) is 5.95 Å². The highest BCUT2D eigenvalue weighted by Gasteiger charge is 2.31. The van der Waals surface area contributed by atoms with Crippen molar-refractivity contribution >= 4 is 23.4 Å². The molecule has 2 aliphatic heterocycles. The van der Waals surface area contributed by atoms with Crippen molar-refractivity contribution in [3.63, 3.8) is 0 Å². The van der Waals surface area contributed by atoms with Gasteiger partial charge in [0.15, 0.2) is 5.75 Å². The monoisotopic (exact) mass is 460 g/mol. The minimum atomic E-state index is -0.0843. The molecule has 5 rings (SSSR count). The molecule has 0 saturated carbocycles. The van der Waals surface area contributed by atoms with Gasteiger partial charge in [0.05, 0.1) is 37.3 Å². The first-order valence-electron chi connectivity index (χ1n) is 11.3. The summed E-state index contributed by atoms with van der Waals surface area (Å²) >= 11 is 0. The Kier molecular flexibility index (Phi) is 5.79. The van der Waals surface area contributed by atoms with Crippen LogP contribution in [-0.2, 0) is 10.2 Å². The molecule has 2 aromatic heterocycles. The molecule has 0 atom stereocenters. The van der Waals surface area contributed by atoms with E-state index in [4.69, 9.17) is 14.5 Å². The molecule has 0 unspecified atom stereocenters. The molecule has 9 nitrogen and oxygen atoms in total. The normalized spacial score (nSPS) is 16.5. The Labute approximate surface area is 198 Å². The fraction of sp³-hybridized carbons (Fsp3) is 0.360. The van der Waals surface area contributed by atoms with Crippen molar-refractivity contribution in [3.8, 4) is 17.0 Å². The number of fused-ring (bicyclic) bond motifs is 1. The molecule has 4 heterocycles. The van der Waals surface area contributed by atoms with Crippen LogP contribution >= 0.6 is 0 Å². The van der Waals surface area contributed by atoms with Crippen LogP contribution in [0.15, 0.2) is 42.7 Å². The number of anilines is 3. The fourth-order valence-electron chi connectivity index (χ4n) is 4.32. The molecule has 34 heavy (non-hydrogen) atoms. The lowest BCUT2D eigenvalue weighted by molar-refractivity contribution is 0.0301. The number of para-hydroxylation sites is 1. The van der Waals surface area contributed by atoms with E-state index in [9.17, 15) is 4.79 Å². The molecule has 9 heteroatoms. The molecule has 0 bridgehead atoms. The third kappa shape index (κ3) is 4.14. The second-order valence-corrected chi connectivity index (χ2v) is 9.04. The van der Waals surface area contributed by atoms with Gasteiger partial charge in [-0.1, -0.05) is 19.9 Å². The van der Waals surface area contributed by atoms with Crippen molar-refractivity contribution in [3.05, 3.63) is 53.9 Å². The summed E-state index contributed by atoms with van der Waals surface area (Å²) in [6, 6.07) is 9.43. The Balaban J connectivity index is 1.43. The van der Waals surface area contributed by atoms with Crippen LogP contribution in [0.3, 0.4) is 0 Å². The zero-order valence-electron chi connectivity index (χ0n) is 19.6. The zero-order valence-corrected chi connectivity index (χ0v) is 19.6. The van der Waals surface area contributed by atoms with Crippen LogP contribution in [0.2, 0.25) is 0 Å². The lowest BCUT2D eigenvalue weighted by atomic mass is 9.87. The molecule has 3 aromatic rings. The Morgan fingerprint density at radius 2 is 2.03 bits per heavy atom. The van der Waals surface area contributed by atoms with Crippen molar-refractivity contribution in [1.29, 1.82) is 0 Å². The summed E-state index contributed by atoms with van der Waals surface area (Å²) in [4.78, 5) is 28.5. The zero-order chi connectivity index (χ0) is 23.7. The molecular weight excluding hydrogens is 432 g/mol. The average Bonchev–Trinajstić information content (AvgIpc) is 3.18. The summed E-state index contributed by atoms with van der Waals surface area (Å²) in [5, 5.41) is 6.58. The highest BCUT2D eigenvalue weighted by Crippen LogP contribution is 2.37. The van der Waals surface area contributed by atoms with Crippen LogP contribution in [-0.4, -0.2) is 65.7 Å². The first-order chi connectivity index (χ1) is 16.5. The summed E-state index contributed by atoms with van der Waals surface area (Å²) < 4.78 is 11.0. The number of aromatic nitrogens is 3. The predicted molar refractivity (Wildman–Crippen MR) is 130 cm³/mol. The Morgan fingerprint density at radius 1 is 1.21 bits per heavy atom. The topological polar surface area (TPSA) is 102 Å². The van der Waals surface area contributed by atoms with Gasteiger partial charge < -0.3 is 25.0 Å². The van der Waals surface area contributed by atoms with Crippen LogP contribution in [0, 0.1) is 0 Å². The second-order valence-electron chi connectivity index (χ2n) is 9.04. The number of rotatable bonds is 5. The maximum atomic E-state index is 13.1. The highest BCUT2D eigenvalue weighted by atomic mass is 16.5. The molecule has 0 aliphatic carbocycles. The van der Waals surface area contributed by atoms with Crippen molar-refractivity contribution in [2.75, 3.05) is 50.6 Å². The minimum Gasteiger partial charge on any atom is -0.494 e. The maximum absolute atomic E-state index is 13.1. The van der Waals surface area contributed by atoms with Gasteiger partial charge in [0.1, 0.15) is 5.82 Å². The van der Waals surface area contributed by atoms with Crippen LogP contribution in [0.4, 0.5) is 17.5 Å². The SMILES string of the molecule is COc1c(Nc2nccc(-c3cnc4c(c3)C(C)(C)CN4)n2)cccc1C(=O)N1CCOCC1. The first kappa shape index (κ1) is 22.1. The highest BCUT2D eigenvalue weighted by molar-refractivity contribution is 5.99. The second kappa shape index (κ2) is 8.90. The number of carbonyl (C=O) groups is 1. The summed E-state index contributed by atoms with van der Waals surface area (Å²) in [6.45, 7) is 7.45. The number of hydrogen-bond acceptors (Lipinski definition) is 8. The summed E-state index contributed by atoms with van der Waals surface area (Å²) in [5.74, 6) is 1.70. The molecule has 0 spiro atoms. The number of nitrogens with one attached hydrogen (secondary N) is 2. The van der Waals surface area contributed by atoms with Crippen molar-refractivity contribution in [2.45, 2.75) is 19.3 Å². The molecule has 1 fully saturated rings. The summed E-state index contributed by atoms with van der Waals surface area (Å²) in [5.41, 5.74) is 3.97. The predicted octanol–water partition coefficient (Wildman–Crippen LogP) is 3.47. The van der Waals surface area contributed by atoms with E-state index >= 15 is 0 Å². The van der Waals surface area contributed by atoms with Gasteiger partial charge in [-0.2, -0.15) is 0 Å². The van der Waals surface area contributed by atoms with E-state index in [2.05, 4.69) is 40.5 Å². The Hall–Kier alpha value is -3.72. The quantitative estimate of drug-likeness (QED) is 0.597. The number of pyridine rings is 1. The van der Waals surface area contributed by atoms with Gasteiger partial charge in [-0.15, -0.1) is 0 Å². The molecule has 2 aliphatic rings. The number of carbonyl (C=O) groups excluding carboxylic acids is 1. The molecule has 2 N–H and O–H groups in total. The third-order valence-electron chi connectivity index (χ3n) is 6.26. The molecule has 0 radical (unpaired) electrons. The van der Waals surface area contributed by atoms with Crippen LogP contribution in [0.5, 0.6) is 5.75 Å².